The lowest BCUT2D eigenvalue weighted by atomic mass is 10.1. The second-order valence-corrected chi connectivity index (χ2v) is 6.24. The molecule has 2 aliphatic rings. The fourth-order valence-corrected chi connectivity index (χ4v) is 3.62. The number of aryl methyl sites for hydroxylation is 1. The molecule has 0 aliphatic carbocycles. The molecule has 2 fully saturated rings. The summed E-state index contributed by atoms with van der Waals surface area (Å²) in [7, 11) is 2.25. The Balaban J connectivity index is 1.69. The molecule has 1 aromatic rings. The van der Waals surface area contributed by atoms with Crippen LogP contribution < -0.4 is 11.3 Å². The van der Waals surface area contributed by atoms with Crippen LogP contribution in [0.3, 0.4) is 0 Å². The summed E-state index contributed by atoms with van der Waals surface area (Å²) in [5.41, 5.74) is 3.19. The van der Waals surface area contributed by atoms with E-state index in [1.54, 1.807) is 0 Å². The molecule has 0 radical (unpaired) electrons. The number of likely N-dealkylation sites (N-methyl/N-ethyl adjacent to an activating group) is 1. The first-order valence-electron chi connectivity index (χ1n) is 7.63. The van der Waals surface area contributed by atoms with Gasteiger partial charge in [-0.1, -0.05) is 0 Å². The van der Waals surface area contributed by atoms with E-state index < -0.39 is 0 Å². The molecule has 2 aliphatic heterocycles. The maximum Gasteiger partial charge on any atom is 0.300 e. The molecule has 1 amide bonds. The number of nitrogens with zero attached hydrogens (tertiary/aromatic N) is 2. The zero-order valence-electron chi connectivity index (χ0n) is 12.8. The molecule has 6 nitrogen and oxygen atoms in total. The quantitative estimate of drug-likeness (QED) is 0.491. The zero-order chi connectivity index (χ0) is 15.0. The summed E-state index contributed by atoms with van der Waals surface area (Å²) in [5, 5.41) is 0. The van der Waals surface area contributed by atoms with Gasteiger partial charge in [-0.15, -0.1) is 0 Å². The third-order valence-electron chi connectivity index (χ3n) is 5.00. The van der Waals surface area contributed by atoms with Crippen LogP contribution in [-0.4, -0.2) is 47.9 Å². The molecule has 3 rings (SSSR count). The Kier molecular flexibility index (Phi) is 4.01. The summed E-state index contributed by atoms with van der Waals surface area (Å²) in [5.74, 6) is 5.87. The number of rotatable bonds is 3. The van der Waals surface area contributed by atoms with Gasteiger partial charge in [0.15, 0.2) is 5.76 Å². The van der Waals surface area contributed by atoms with E-state index in [1.165, 1.54) is 19.3 Å². The van der Waals surface area contributed by atoms with E-state index in [0.29, 0.717) is 11.8 Å². The van der Waals surface area contributed by atoms with Crippen molar-refractivity contribution in [3.05, 3.63) is 23.2 Å². The van der Waals surface area contributed by atoms with E-state index in [0.717, 1.165) is 37.0 Å². The fraction of sp³-hybridized carbons (Fsp3) is 0.667. The Morgan fingerprint density at radius 1 is 1.43 bits per heavy atom. The van der Waals surface area contributed by atoms with Crippen LogP contribution in [-0.2, 0) is 6.54 Å². The average molecular weight is 292 g/mol. The van der Waals surface area contributed by atoms with Gasteiger partial charge in [0.25, 0.3) is 0 Å². The third-order valence-corrected chi connectivity index (χ3v) is 5.00. The van der Waals surface area contributed by atoms with Crippen LogP contribution in [0.5, 0.6) is 0 Å². The molecule has 0 aromatic carbocycles. The Hall–Kier alpha value is -1.37. The number of hydrazine groups is 1. The number of nitrogens with two attached hydrogens (primary N) is 1. The second-order valence-electron chi connectivity index (χ2n) is 6.24. The summed E-state index contributed by atoms with van der Waals surface area (Å²) in [6, 6.07) is 3.21. The number of hydrogen-bond acceptors (Lipinski definition) is 5. The molecule has 3 N–H and O–H groups in total. The van der Waals surface area contributed by atoms with Crippen LogP contribution in [0, 0.1) is 6.92 Å². The Bertz CT molecular complexity index is 528. The first-order valence-corrected chi connectivity index (χ1v) is 7.63. The maximum absolute atomic E-state index is 11.5. The standard InChI is InChI=1S/C15H24N4O2/c1-10-11(7-14(21-10)15(20)17-16)8-19-6-5-12-3-4-13(9-19)18(12)2/h7,12-13H,3-6,8-9,16H2,1-2H3,(H,17,20). The predicted octanol–water partition coefficient (Wildman–Crippen LogP) is 0.860. The minimum absolute atomic E-state index is 0.290. The van der Waals surface area contributed by atoms with Crippen molar-refractivity contribution < 1.29 is 9.21 Å². The van der Waals surface area contributed by atoms with Crippen molar-refractivity contribution in [1.82, 2.24) is 15.2 Å². The smallest absolute Gasteiger partial charge is 0.300 e. The van der Waals surface area contributed by atoms with E-state index in [2.05, 4.69) is 22.3 Å². The van der Waals surface area contributed by atoms with Gasteiger partial charge < -0.3 is 4.42 Å². The molecule has 2 unspecified atom stereocenters. The number of fused-ring (bicyclic) bond motifs is 2. The average Bonchev–Trinajstić information content (AvgIpc) is 2.93. The highest BCUT2D eigenvalue weighted by atomic mass is 16.4. The Morgan fingerprint density at radius 3 is 2.95 bits per heavy atom. The SMILES string of the molecule is Cc1oc(C(=O)NN)cc1CN1CCC2CCC(C1)N2C. The number of likely N-dealkylation sites (tertiary alicyclic amines) is 1. The molecule has 116 valence electrons. The van der Waals surface area contributed by atoms with Crippen molar-refractivity contribution >= 4 is 5.91 Å². The Labute approximate surface area is 125 Å². The van der Waals surface area contributed by atoms with Crippen LogP contribution in [0.2, 0.25) is 0 Å². The fourth-order valence-electron chi connectivity index (χ4n) is 3.62. The first-order chi connectivity index (χ1) is 10.1. The molecule has 0 saturated carbocycles. The van der Waals surface area contributed by atoms with Gasteiger partial charge >= 0.3 is 5.91 Å². The van der Waals surface area contributed by atoms with Gasteiger partial charge in [0.1, 0.15) is 5.76 Å². The van der Waals surface area contributed by atoms with Crippen LogP contribution in [0.1, 0.15) is 41.1 Å². The van der Waals surface area contributed by atoms with Crippen LogP contribution >= 0.6 is 0 Å². The number of carbonyl (C=O) groups is 1. The largest absolute Gasteiger partial charge is 0.456 e. The summed E-state index contributed by atoms with van der Waals surface area (Å²) < 4.78 is 5.49. The van der Waals surface area contributed by atoms with Gasteiger partial charge in [0, 0.05) is 37.3 Å². The zero-order valence-corrected chi connectivity index (χ0v) is 12.8. The molecule has 21 heavy (non-hydrogen) atoms. The number of carbonyl (C=O) groups excluding carboxylic acids is 1. The number of nitrogens with one attached hydrogen (secondary N) is 1. The van der Waals surface area contributed by atoms with Crippen LogP contribution in [0.15, 0.2) is 10.5 Å². The van der Waals surface area contributed by atoms with Gasteiger partial charge in [-0.2, -0.15) is 0 Å². The summed E-state index contributed by atoms with van der Waals surface area (Å²) >= 11 is 0. The highest BCUT2D eigenvalue weighted by Crippen LogP contribution is 2.29. The molecular formula is C15H24N4O2. The molecule has 2 saturated heterocycles. The van der Waals surface area contributed by atoms with E-state index in [1.807, 2.05) is 13.0 Å². The monoisotopic (exact) mass is 292 g/mol. The van der Waals surface area contributed by atoms with E-state index in [-0.39, 0.29) is 5.91 Å². The van der Waals surface area contributed by atoms with E-state index in [9.17, 15) is 4.79 Å². The van der Waals surface area contributed by atoms with Crippen molar-refractivity contribution in [2.75, 3.05) is 20.1 Å². The minimum atomic E-state index is -0.376. The first kappa shape index (κ1) is 14.6. The van der Waals surface area contributed by atoms with Crippen molar-refractivity contribution in [3.8, 4) is 0 Å². The Morgan fingerprint density at radius 2 is 2.19 bits per heavy atom. The van der Waals surface area contributed by atoms with E-state index in [4.69, 9.17) is 10.3 Å². The van der Waals surface area contributed by atoms with Crippen molar-refractivity contribution in [1.29, 1.82) is 0 Å². The summed E-state index contributed by atoms with van der Waals surface area (Å²) in [6.45, 7) is 4.94. The van der Waals surface area contributed by atoms with Crippen LogP contribution in [0.4, 0.5) is 0 Å². The lowest BCUT2D eigenvalue weighted by Gasteiger charge is -2.25. The van der Waals surface area contributed by atoms with Gasteiger partial charge in [0.2, 0.25) is 0 Å². The van der Waals surface area contributed by atoms with Crippen molar-refractivity contribution in [2.24, 2.45) is 5.84 Å². The van der Waals surface area contributed by atoms with Gasteiger partial charge in [-0.05, 0) is 39.3 Å². The number of amides is 1. The third kappa shape index (κ3) is 2.84. The molecule has 6 heteroatoms. The lowest BCUT2D eigenvalue weighted by Crippen LogP contribution is -2.36. The number of furan rings is 1. The predicted molar refractivity (Wildman–Crippen MR) is 79.6 cm³/mol. The molecule has 2 bridgehead atoms. The maximum atomic E-state index is 11.5. The molecule has 3 heterocycles. The van der Waals surface area contributed by atoms with E-state index >= 15 is 0 Å². The normalized spacial score (nSPS) is 26.8. The minimum Gasteiger partial charge on any atom is -0.456 e. The van der Waals surface area contributed by atoms with Gasteiger partial charge in [0.05, 0.1) is 0 Å². The topological polar surface area (TPSA) is 74.7 Å². The highest BCUT2D eigenvalue weighted by molar-refractivity contribution is 5.91. The van der Waals surface area contributed by atoms with Gasteiger partial charge in [-0.25, -0.2) is 5.84 Å². The number of hydrogen-bond donors (Lipinski definition) is 2. The van der Waals surface area contributed by atoms with Crippen molar-refractivity contribution in [3.63, 3.8) is 0 Å². The van der Waals surface area contributed by atoms with Gasteiger partial charge in [-0.3, -0.25) is 20.0 Å². The van der Waals surface area contributed by atoms with Crippen LogP contribution in [0.25, 0.3) is 0 Å². The highest BCUT2D eigenvalue weighted by Gasteiger charge is 2.34. The lowest BCUT2D eigenvalue weighted by molar-refractivity contribution is 0.0924. The molecule has 2 atom stereocenters. The summed E-state index contributed by atoms with van der Waals surface area (Å²) in [4.78, 5) is 16.5. The summed E-state index contributed by atoms with van der Waals surface area (Å²) in [6.07, 6.45) is 3.85. The van der Waals surface area contributed by atoms with Crippen molar-refractivity contribution in [2.45, 2.75) is 44.8 Å². The molecule has 0 spiro atoms. The number of nitrogen functional groups attached to an aromatic ring is 1. The second kappa shape index (κ2) is 5.79. The molecular weight excluding hydrogens is 268 g/mol. The molecule has 1 aromatic heterocycles.